The summed E-state index contributed by atoms with van der Waals surface area (Å²) in [6.07, 6.45) is 7.97. The van der Waals surface area contributed by atoms with E-state index in [0.29, 0.717) is 37.1 Å². The third kappa shape index (κ3) is 7.97. The molecule has 1 aliphatic carbocycles. The molecule has 2 aromatic carbocycles. The van der Waals surface area contributed by atoms with Crippen LogP contribution in [-0.2, 0) is 9.47 Å². The smallest absolute Gasteiger partial charge is 0.319 e. The van der Waals surface area contributed by atoms with Crippen molar-refractivity contribution in [2.75, 3.05) is 58.0 Å². The molecule has 5 atom stereocenters. The zero-order chi connectivity index (χ0) is 39.8. The summed E-state index contributed by atoms with van der Waals surface area (Å²) in [6.45, 7) is 13.4. The molecule has 0 bridgehead atoms. The SMILES string of the molecule is CC.COc1nc(-c2cc(O)cc3cccc(F)c23)c(F)c2nc(OCC34CCCC3N(CC3CC(C)OC(C)C3)CCC4)nc(N3CCOCC(C)(O)C3)c12. The fourth-order valence-electron chi connectivity index (χ4n) is 9.92. The van der Waals surface area contributed by atoms with Crippen molar-refractivity contribution in [3.05, 3.63) is 42.0 Å². The molecule has 2 N–H and O–H groups in total. The van der Waals surface area contributed by atoms with Crippen LogP contribution >= 0.6 is 0 Å². The van der Waals surface area contributed by atoms with Crippen LogP contribution in [0, 0.1) is 23.0 Å². The third-order valence-corrected chi connectivity index (χ3v) is 12.0. The molecule has 4 aromatic rings. The van der Waals surface area contributed by atoms with E-state index >= 15 is 8.78 Å². The van der Waals surface area contributed by atoms with Crippen LogP contribution < -0.4 is 14.4 Å². The number of fused-ring (bicyclic) bond motifs is 3. The number of anilines is 1. The van der Waals surface area contributed by atoms with E-state index in [1.165, 1.54) is 31.4 Å². The number of piperidine rings is 1. The van der Waals surface area contributed by atoms with E-state index in [0.717, 1.165) is 58.0 Å². The molecule has 5 heterocycles. The average Bonchev–Trinajstić information content (AvgIpc) is 3.52. The molecule has 3 aliphatic heterocycles. The topological polar surface area (TPSA) is 123 Å². The van der Waals surface area contributed by atoms with Crippen LogP contribution in [0.3, 0.4) is 0 Å². The van der Waals surface area contributed by atoms with Crippen molar-refractivity contribution in [3.63, 3.8) is 0 Å². The zero-order valence-electron chi connectivity index (χ0n) is 33.6. The number of pyridine rings is 1. The maximum Gasteiger partial charge on any atom is 0.319 e. The summed E-state index contributed by atoms with van der Waals surface area (Å²) < 4.78 is 56.7. The molecule has 13 heteroatoms. The summed E-state index contributed by atoms with van der Waals surface area (Å²) in [5.41, 5.74) is -1.63. The predicted octanol–water partition coefficient (Wildman–Crippen LogP) is 7.67. The molecule has 0 radical (unpaired) electrons. The minimum absolute atomic E-state index is 0.00316. The van der Waals surface area contributed by atoms with E-state index in [-0.39, 0.29) is 81.8 Å². The van der Waals surface area contributed by atoms with E-state index in [2.05, 4.69) is 23.7 Å². The molecule has 1 saturated carbocycles. The second-order valence-electron chi connectivity index (χ2n) is 16.4. The van der Waals surface area contributed by atoms with E-state index < -0.39 is 17.2 Å². The summed E-state index contributed by atoms with van der Waals surface area (Å²) >= 11 is 0. The number of aromatic nitrogens is 3. The fraction of sp³-hybridized carbons (Fsp3) is 0.605. The van der Waals surface area contributed by atoms with Gasteiger partial charge in [-0.25, -0.2) is 13.8 Å². The Morgan fingerprint density at radius 1 is 1.00 bits per heavy atom. The van der Waals surface area contributed by atoms with Crippen LogP contribution in [0.15, 0.2) is 30.3 Å². The average molecular weight is 778 g/mol. The van der Waals surface area contributed by atoms with Crippen molar-refractivity contribution < 1.29 is 37.9 Å². The maximum atomic E-state index is 17.2. The number of methoxy groups -OCH3 is 1. The van der Waals surface area contributed by atoms with Crippen molar-refractivity contribution in [2.45, 2.75) is 103 Å². The highest BCUT2D eigenvalue weighted by molar-refractivity contribution is 6.02. The molecular formula is C43H57F2N5O6. The van der Waals surface area contributed by atoms with Crippen LogP contribution in [-0.4, -0.2) is 107 Å². The lowest BCUT2D eigenvalue weighted by atomic mass is 9.75. The van der Waals surface area contributed by atoms with Crippen molar-refractivity contribution >= 4 is 27.5 Å². The highest BCUT2D eigenvalue weighted by atomic mass is 19.1. The third-order valence-electron chi connectivity index (χ3n) is 12.0. The number of aliphatic hydroxyl groups is 1. The Hall–Kier alpha value is -3.91. The van der Waals surface area contributed by atoms with Gasteiger partial charge in [0, 0.05) is 35.5 Å². The number of β-amino-alcohol motifs (C(OH)–C–C–N with tert-alkyl or cyclic N) is 1. The summed E-state index contributed by atoms with van der Waals surface area (Å²) in [5, 5.41) is 22.5. The number of hydrogen-bond donors (Lipinski definition) is 2. The van der Waals surface area contributed by atoms with Gasteiger partial charge < -0.3 is 34.1 Å². The lowest BCUT2D eigenvalue weighted by molar-refractivity contribution is -0.0697. The Labute approximate surface area is 328 Å². The van der Waals surface area contributed by atoms with E-state index in [1.807, 2.05) is 18.7 Å². The van der Waals surface area contributed by atoms with Crippen LogP contribution in [0.4, 0.5) is 14.6 Å². The van der Waals surface area contributed by atoms with E-state index in [4.69, 9.17) is 28.9 Å². The zero-order valence-corrected chi connectivity index (χ0v) is 33.6. The van der Waals surface area contributed by atoms with Gasteiger partial charge in [0.1, 0.15) is 39.6 Å². The first-order valence-corrected chi connectivity index (χ1v) is 20.4. The van der Waals surface area contributed by atoms with Crippen molar-refractivity contribution in [3.8, 4) is 28.9 Å². The van der Waals surface area contributed by atoms with Gasteiger partial charge in [0.25, 0.3) is 0 Å². The molecule has 4 fully saturated rings. The number of halogens is 2. The Kier molecular flexibility index (Phi) is 11.9. The van der Waals surface area contributed by atoms with Crippen LogP contribution in [0.25, 0.3) is 32.9 Å². The van der Waals surface area contributed by atoms with Crippen molar-refractivity contribution in [1.29, 1.82) is 0 Å². The molecule has 2 aromatic heterocycles. The van der Waals surface area contributed by atoms with Gasteiger partial charge in [-0.15, -0.1) is 0 Å². The molecule has 56 heavy (non-hydrogen) atoms. The highest BCUT2D eigenvalue weighted by Gasteiger charge is 2.49. The summed E-state index contributed by atoms with van der Waals surface area (Å²) in [4.78, 5) is 18.7. The lowest BCUT2D eigenvalue weighted by Gasteiger charge is -2.48. The summed E-state index contributed by atoms with van der Waals surface area (Å²) in [7, 11) is 1.41. The quantitative estimate of drug-likeness (QED) is 0.183. The minimum atomic E-state index is -1.23. The summed E-state index contributed by atoms with van der Waals surface area (Å²) in [5.74, 6) is -0.719. The lowest BCUT2D eigenvalue weighted by Crippen LogP contribution is -2.53. The van der Waals surface area contributed by atoms with Crippen LogP contribution in [0.1, 0.15) is 79.6 Å². The number of ether oxygens (including phenoxy) is 4. The van der Waals surface area contributed by atoms with Gasteiger partial charge in [-0.2, -0.15) is 9.97 Å². The van der Waals surface area contributed by atoms with E-state index in [1.54, 1.807) is 13.0 Å². The normalized spacial score (nSPS) is 28.4. The molecule has 8 rings (SSSR count). The van der Waals surface area contributed by atoms with Gasteiger partial charge >= 0.3 is 6.01 Å². The molecule has 5 unspecified atom stereocenters. The molecule has 11 nitrogen and oxygen atoms in total. The standard InChI is InChI=1S/C41H51F2N5O6.C2H6/c1-24-16-26(17-25(2)54-24)20-47-13-7-12-41(11-6-10-31(41)47)23-53-39-45-36-33(37(46-39)48-14-15-52-22-40(3,50)21-48)38(51-4)44-35(34(36)43)29-19-28(49)18-27-8-5-9-30(42)32(27)29;1-2/h5,8-9,18-19,24-26,31,49-50H,6-7,10-17,20-23H2,1-4H3;1-2H3. The number of phenols is 1. The van der Waals surface area contributed by atoms with Gasteiger partial charge in [-0.3, -0.25) is 4.90 Å². The number of nitrogens with zero attached hydrogens (tertiary/aromatic N) is 5. The van der Waals surface area contributed by atoms with Gasteiger partial charge in [0.2, 0.25) is 5.88 Å². The number of benzene rings is 2. The van der Waals surface area contributed by atoms with Gasteiger partial charge in [-0.1, -0.05) is 32.4 Å². The fourth-order valence-corrected chi connectivity index (χ4v) is 9.92. The molecular weight excluding hydrogens is 720 g/mol. The second-order valence-corrected chi connectivity index (χ2v) is 16.4. The molecule has 4 aliphatic rings. The summed E-state index contributed by atoms with van der Waals surface area (Å²) in [6, 6.07) is 7.52. The van der Waals surface area contributed by atoms with Crippen molar-refractivity contribution in [1.82, 2.24) is 19.9 Å². The van der Waals surface area contributed by atoms with Crippen molar-refractivity contribution in [2.24, 2.45) is 11.3 Å². The monoisotopic (exact) mass is 777 g/mol. The van der Waals surface area contributed by atoms with Crippen LogP contribution in [0.5, 0.6) is 17.6 Å². The van der Waals surface area contributed by atoms with Gasteiger partial charge in [-0.05, 0) is 95.3 Å². The predicted molar refractivity (Wildman–Crippen MR) is 213 cm³/mol. The first kappa shape index (κ1) is 40.3. The molecule has 0 amide bonds. The largest absolute Gasteiger partial charge is 0.508 e. The Morgan fingerprint density at radius 3 is 2.54 bits per heavy atom. The van der Waals surface area contributed by atoms with Gasteiger partial charge in [0.15, 0.2) is 5.82 Å². The molecule has 0 spiro atoms. The van der Waals surface area contributed by atoms with E-state index in [9.17, 15) is 10.2 Å². The first-order chi connectivity index (χ1) is 26.9. The maximum absolute atomic E-state index is 17.2. The number of likely N-dealkylation sites (tertiary alicyclic amines) is 1. The number of aromatic hydroxyl groups is 1. The Morgan fingerprint density at radius 2 is 1.77 bits per heavy atom. The molecule has 3 saturated heterocycles. The number of hydrogen-bond acceptors (Lipinski definition) is 11. The number of phenolic OH excluding ortho intramolecular Hbond substituents is 1. The molecule has 304 valence electrons. The Balaban J connectivity index is 0.00000237. The highest BCUT2D eigenvalue weighted by Crippen LogP contribution is 2.49. The van der Waals surface area contributed by atoms with Gasteiger partial charge in [0.05, 0.1) is 45.7 Å². The second kappa shape index (κ2) is 16.5. The number of rotatable bonds is 8. The van der Waals surface area contributed by atoms with Crippen LogP contribution in [0.2, 0.25) is 0 Å². The minimum Gasteiger partial charge on any atom is -0.508 e. The Bertz CT molecular complexity index is 2020. The first-order valence-electron chi connectivity index (χ1n) is 20.4.